The lowest BCUT2D eigenvalue weighted by molar-refractivity contribution is -0.0417. The molecule has 2 aliphatic heterocycles. The highest BCUT2D eigenvalue weighted by Crippen LogP contribution is 2.36. The van der Waals surface area contributed by atoms with Gasteiger partial charge in [0.1, 0.15) is 12.2 Å². The Labute approximate surface area is 250 Å². The minimum atomic E-state index is -0.600. The van der Waals surface area contributed by atoms with Gasteiger partial charge in [0.15, 0.2) is 0 Å². The first kappa shape index (κ1) is 29.6. The maximum absolute atomic E-state index is 13.5. The first-order valence-corrected chi connectivity index (χ1v) is 14.9. The van der Waals surface area contributed by atoms with Crippen molar-refractivity contribution >= 4 is 12.2 Å². The molecule has 0 spiro atoms. The summed E-state index contributed by atoms with van der Waals surface area (Å²) in [5, 5.41) is 0. The monoisotopic (exact) mass is 569 g/mol. The second kappa shape index (κ2) is 12.6. The van der Waals surface area contributed by atoms with E-state index in [9.17, 15) is 9.59 Å². The first-order chi connectivity index (χ1) is 20.1. The molecule has 3 aromatic carbocycles. The van der Waals surface area contributed by atoms with Gasteiger partial charge in [0.2, 0.25) is 0 Å². The Morgan fingerprint density at radius 2 is 1.33 bits per heavy atom. The van der Waals surface area contributed by atoms with Crippen LogP contribution in [0, 0.1) is 13.8 Å². The topological polar surface area (TPSA) is 62.3 Å². The molecular weight excluding hydrogens is 526 g/mol. The van der Waals surface area contributed by atoms with Crippen molar-refractivity contribution < 1.29 is 19.1 Å². The Hall–Kier alpha value is -3.84. The smallest absolute Gasteiger partial charge is 0.410 e. The van der Waals surface area contributed by atoms with Crippen molar-refractivity contribution in [3.05, 3.63) is 107 Å². The van der Waals surface area contributed by atoms with Gasteiger partial charge in [0.25, 0.3) is 0 Å². The van der Waals surface area contributed by atoms with E-state index in [4.69, 9.17) is 9.47 Å². The molecule has 0 N–H and O–H groups in total. The Morgan fingerprint density at radius 3 is 1.90 bits per heavy atom. The van der Waals surface area contributed by atoms with Crippen LogP contribution in [0.1, 0.15) is 54.5 Å². The van der Waals surface area contributed by atoms with Crippen LogP contribution in [-0.4, -0.2) is 77.3 Å². The van der Waals surface area contributed by atoms with Gasteiger partial charge in [-0.2, -0.15) is 0 Å². The fourth-order valence-electron chi connectivity index (χ4n) is 6.06. The Bertz CT molecular complexity index is 1310. The van der Waals surface area contributed by atoms with E-state index in [1.54, 1.807) is 4.90 Å². The molecule has 2 amide bonds. The molecule has 2 heterocycles. The van der Waals surface area contributed by atoms with E-state index in [1.807, 2.05) is 56.0 Å². The van der Waals surface area contributed by atoms with Gasteiger partial charge in [-0.25, -0.2) is 9.59 Å². The van der Waals surface area contributed by atoms with Crippen molar-refractivity contribution in [3.63, 3.8) is 0 Å². The molecule has 0 radical (unpaired) electrons. The van der Waals surface area contributed by atoms with Crippen molar-refractivity contribution in [2.75, 3.05) is 32.7 Å². The van der Waals surface area contributed by atoms with Gasteiger partial charge in [-0.1, -0.05) is 90.0 Å². The number of carbonyl (C=O) groups excluding carboxylic acids is 2. The van der Waals surface area contributed by atoms with Crippen LogP contribution in [-0.2, 0) is 16.1 Å². The molecule has 3 aromatic rings. The van der Waals surface area contributed by atoms with Crippen LogP contribution in [0.15, 0.2) is 78.9 Å². The molecule has 0 unspecified atom stereocenters. The quantitative estimate of drug-likeness (QED) is 0.357. The number of rotatable bonds is 5. The summed E-state index contributed by atoms with van der Waals surface area (Å²) in [6.45, 7) is 12.9. The summed E-state index contributed by atoms with van der Waals surface area (Å²) < 4.78 is 11.5. The van der Waals surface area contributed by atoms with Crippen molar-refractivity contribution in [1.29, 1.82) is 0 Å². The molecular formula is C35H43N3O4. The molecule has 2 fully saturated rings. The lowest BCUT2D eigenvalue weighted by Crippen LogP contribution is -2.68. The van der Waals surface area contributed by atoms with E-state index < -0.39 is 5.60 Å². The fourth-order valence-corrected chi connectivity index (χ4v) is 6.06. The van der Waals surface area contributed by atoms with Crippen LogP contribution in [0.4, 0.5) is 9.59 Å². The Morgan fingerprint density at radius 1 is 0.762 bits per heavy atom. The van der Waals surface area contributed by atoms with E-state index in [1.165, 1.54) is 22.3 Å². The van der Waals surface area contributed by atoms with Crippen LogP contribution < -0.4 is 0 Å². The summed E-state index contributed by atoms with van der Waals surface area (Å²) in [7, 11) is 0. The van der Waals surface area contributed by atoms with E-state index in [2.05, 4.69) is 67.3 Å². The number of piperazine rings is 2. The van der Waals surface area contributed by atoms with Gasteiger partial charge in [-0.05, 0) is 51.3 Å². The summed E-state index contributed by atoms with van der Waals surface area (Å²) in [4.78, 5) is 32.8. The SMILES string of the molecule is Cc1ccc(C(c2ccc(C)cc2)[C@@H]2CN(C(=O)OC(C)(C)C)C[C@@H]3CN(C(=O)OCc4ccccc4)CCN32)cc1. The van der Waals surface area contributed by atoms with Crippen molar-refractivity contribution in [1.82, 2.24) is 14.7 Å². The molecule has 7 nitrogen and oxygen atoms in total. The summed E-state index contributed by atoms with van der Waals surface area (Å²) in [6, 6.07) is 27.1. The minimum absolute atomic E-state index is 0.00386. The largest absolute Gasteiger partial charge is 0.445 e. The zero-order valence-electron chi connectivity index (χ0n) is 25.5. The number of ether oxygens (including phenoxy) is 2. The van der Waals surface area contributed by atoms with Crippen molar-refractivity contribution in [2.24, 2.45) is 0 Å². The van der Waals surface area contributed by atoms with Gasteiger partial charge >= 0.3 is 12.2 Å². The number of fused-ring (bicyclic) bond motifs is 1. The molecule has 2 saturated heterocycles. The molecule has 222 valence electrons. The standard InChI is InChI=1S/C35H43N3O4/c1-25-11-15-28(16-12-25)32(29-17-13-26(2)14-18-29)31-23-37(34(40)42-35(3,4)5)22-30-21-36(19-20-38(30)31)33(39)41-24-27-9-7-6-8-10-27/h6-18,30-32H,19-24H2,1-5H3/t30-,31-/m0/s1. The number of amides is 2. The molecule has 0 aliphatic carbocycles. The van der Waals surface area contributed by atoms with E-state index >= 15 is 0 Å². The maximum Gasteiger partial charge on any atom is 0.410 e. The second-order valence-electron chi connectivity index (χ2n) is 12.6. The van der Waals surface area contributed by atoms with Crippen LogP contribution in [0.25, 0.3) is 0 Å². The molecule has 2 atom stereocenters. The van der Waals surface area contributed by atoms with Crippen molar-refractivity contribution in [2.45, 2.75) is 64.8 Å². The molecule has 5 rings (SSSR count). The maximum atomic E-state index is 13.5. The molecule has 0 aromatic heterocycles. The summed E-state index contributed by atoms with van der Waals surface area (Å²) in [6.07, 6.45) is -0.638. The summed E-state index contributed by atoms with van der Waals surface area (Å²) in [5.74, 6) is 0.0375. The van der Waals surface area contributed by atoms with E-state index in [0.717, 1.165) is 5.56 Å². The van der Waals surface area contributed by atoms with Gasteiger partial charge in [-0.15, -0.1) is 0 Å². The zero-order valence-corrected chi connectivity index (χ0v) is 25.5. The Balaban J connectivity index is 1.44. The molecule has 7 heteroatoms. The fraction of sp³-hybridized carbons (Fsp3) is 0.429. The van der Waals surface area contributed by atoms with Gasteiger partial charge in [0.05, 0.1) is 0 Å². The molecule has 0 bridgehead atoms. The lowest BCUT2D eigenvalue weighted by Gasteiger charge is -2.53. The zero-order chi connectivity index (χ0) is 29.9. The van der Waals surface area contributed by atoms with E-state index in [-0.39, 0.29) is 36.8 Å². The number of aryl methyl sites for hydroxylation is 2. The number of benzene rings is 3. The lowest BCUT2D eigenvalue weighted by atomic mass is 9.81. The number of hydrogen-bond acceptors (Lipinski definition) is 5. The minimum Gasteiger partial charge on any atom is -0.445 e. The number of nitrogens with zero attached hydrogens (tertiary/aromatic N) is 3. The van der Waals surface area contributed by atoms with Gasteiger partial charge < -0.3 is 19.3 Å². The summed E-state index contributed by atoms with van der Waals surface area (Å²) in [5.41, 5.74) is 5.20. The normalized spacial score (nSPS) is 19.4. The highest BCUT2D eigenvalue weighted by atomic mass is 16.6. The number of carbonyl (C=O) groups is 2. The Kier molecular flexibility index (Phi) is 8.88. The highest BCUT2D eigenvalue weighted by molar-refractivity contribution is 5.69. The van der Waals surface area contributed by atoms with Crippen LogP contribution in [0.2, 0.25) is 0 Å². The predicted octanol–water partition coefficient (Wildman–Crippen LogP) is 6.38. The van der Waals surface area contributed by atoms with Crippen molar-refractivity contribution in [3.8, 4) is 0 Å². The van der Waals surface area contributed by atoms with Gasteiger partial charge in [-0.3, -0.25) is 4.90 Å². The molecule has 42 heavy (non-hydrogen) atoms. The average molecular weight is 570 g/mol. The average Bonchev–Trinajstić information content (AvgIpc) is 2.97. The highest BCUT2D eigenvalue weighted by Gasteiger charge is 2.45. The van der Waals surface area contributed by atoms with Gasteiger partial charge in [0, 0.05) is 50.7 Å². The van der Waals surface area contributed by atoms with E-state index in [0.29, 0.717) is 32.7 Å². The first-order valence-electron chi connectivity index (χ1n) is 14.9. The second-order valence-corrected chi connectivity index (χ2v) is 12.6. The van der Waals surface area contributed by atoms with Crippen LogP contribution in [0.5, 0.6) is 0 Å². The van der Waals surface area contributed by atoms with Crippen LogP contribution >= 0.6 is 0 Å². The number of hydrogen-bond donors (Lipinski definition) is 0. The predicted molar refractivity (Wildman–Crippen MR) is 164 cm³/mol. The van der Waals surface area contributed by atoms with Crippen LogP contribution in [0.3, 0.4) is 0 Å². The third-order valence-electron chi connectivity index (χ3n) is 8.17. The molecule has 2 aliphatic rings. The third kappa shape index (κ3) is 7.13. The third-order valence-corrected chi connectivity index (χ3v) is 8.17. The molecule has 0 saturated carbocycles. The summed E-state index contributed by atoms with van der Waals surface area (Å²) >= 11 is 0.